The van der Waals surface area contributed by atoms with Gasteiger partial charge in [0.15, 0.2) is 5.78 Å². The Balaban J connectivity index is 2.42. The Morgan fingerprint density at radius 1 is 1.13 bits per heavy atom. The van der Waals surface area contributed by atoms with Crippen molar-refractivity contribution in [2.24, 2.45) is 0 Å². The van der Waals surface area contributed by atoms with E-state index in [-0.39, 0.29) is 11.0 Å². The second kappa shape index (κ2) is 7.77. The summed E-state index contributed by atoms with van der Waals surface area (Å²) in [6, 6.07) is 9.77. The Labute approximate surface area is 152 Å². The van der Waals surface area contributed by atoms with Crippen molar-refractivity contribution in [2.45, 2.75) is 0 Å². The van der Waals surface area contributed by atoms with E-state index in [0.717, 1.165) is 0 Å². The lowest BCUT2D eigenvalue weighted by Gasteiger charge is -1.98. The number of rotatable bonds is 4. The largest absolute Gasteiger partial charge is 0.385 e. The molecule has 0 saturated heterocycles. The van der Waals surface area contributed by atoms with Crippen molar-refractivity contribution in [3.05, 3.63) is 78.3 Å². The number of hydrogen-bond acceptors (Lipinski definition) is 3. The summed E-state index contributed by atoms with van der Waals surface area (Å²) < 4.78 is 0.638. The normalized spacial score (nSPS) is 10.8. The molecular weight excluding hydrogens is 401 g/mol. The average molecular weight is 413 g/mol. The second-order valence-electron chi connectivity index (χ2n) is 4.67. The third-order valence-electron chi connectivity index (χ3n) is 3.03. The van der Waals surface area contributed by atoms with E-state index in [1.807, 2.05) is 0 Å². The molecule has 0 bridgehead atoms. The number of ketones is 1. The molecule has 2 rings (SSSR count). The minimum absolute atomic E-state index is 0.0654. The van der Waals surface area contributed by atoms with Crippen LogP contribution in [-0.4, -0.2) is 12.8 Å². The summed E-state index contributed by atoms with van der Waals surface area (Å²) in [6.45, 7) is 0. The molecule has 0 unspecified atom stereocenters. The van der Waals surface area contributed by atoms with Gasteiger partial charge in [0.2, 0.25) is 5.43 Å². The molecule has 3 nitrogen and oxygen atoms in total. The highest BCUT2D eigenvalue weighted by atomic mass is 79.9. The molecule has 0 heterocycles. The summed E-state index contributed by atoms with van der Waals surface area (Å²) in [5.41, 5.74) is 0.724. The zero-order valence-electron chi connectivity index (χ0n) is 12.1. The summed E-state index contributed by atoms with van der Waals surface area (Å²) in [4.78, 5) is 24.7. The zero-order valence-corrected chi connectivity index (χ0v) is 15.2. The molecule has 0 atom stereocenters. The number of halogens is 3. The van der Waals surface area contributed by atoms with E-state index >= 15 is 0 Å². The maximum absolute atomic E-state index is 12.4. The maximum atomic E-state index is 12.4. The van der Waals surface area contributed by atoms with Crippen LogP contribution < -0.4 is 10.7 Å². The van der Waals surface area contributed by atoms with Crippen LogP contribution in [0.4, 0.5) is 5.69 Å². The summed E-state index contributed by atoms with van der Waals surface area (Å²) >= 11 is 15.1. The lowest BCUT2D eigenvalue weighted by Crippen LogP contribution is -2.14. The minimum Gasteiger partial charge on any atom is -0.385 e. The molecule has 23 heavy (non-hydrogen) atoms. The summed E-state index contributed by atoms with van der Waals surface area (Å²) in [5, 5.41) is 3.73. The topological polar surface area (TPSA) is 46.2 Å². The Kier molecular flexibility index (Phi) is 5.99. The first-order valence-corrected chi connectivity index (χ1v) is 8.15. The zero-order chi connectivity index (χ0) is 17.0. The molecule has 0 amide bonds. The standard InChI is InChI=1S/C17H12BrCl2NO2/c1-21-15-4-3-11(18)8-14(17(15)23)16(22)5-2-10-6-12(19)9-13(20)7-10/h2-9H,1H3,(H,21,23). The van der Waals surface area contributed by atoms with Gasteiger partial charge in [0.1, 0.15) is 0 Å². The van der Waals surface area contributed by atoms with Gasteiger partial charge in [-0.25, -0.2) is 0 Å². The number of anilines is 1. The Bertz CT molecular complexity index is 830. The fourth-order valence-corrected chi connectivity index (χ4v) is 2.85. The van der Waals surface area contributed by atoms with Crippen molar-refractivity contribution in [3.63, 3.8) is 0 Å². The highest BCUT2D eigenvalue weighted by Gasteiger charge is 2.10. The van der Waals surface area contributed by atoms with Crippen molar-refractivity contribution in [3.8, 4) is 0 Å². The second-order valence-corrected chi connectivity index (χ2v) is 6.46. The number of benzene rings is 1. The Hall–Kier alpha value is -1.62. The number of allylic oxidation sites excluding steroid dienone is 1. The van der Waals surface area contributed by atoms with Crippen LogP contribution >= 0.6 is 39.1 Å². The van der Waals surface area contributed by atoms with Crippen LogP contribution in [0.5, 0.6) is 0 Å². The molecule has 118 valence electrons. The van der Waals surface area contributed by atoms with Gasteiger partial charge in [0.05, 0.1) is 11.3 Å². The van der Waals surface area contributed by atoms with Gasteiger partial charge in [-0.15, -0.1) is 0 Å². The van der Waals surface area contributed by atoms with Crippen LogP contribution in [0.15, 0.2) is 51.7 Å². The highest BCUT2D eigenvalue weighted by Crippen LogP contribution is 2.20. The predicted molar refractivity (Wildman–Crippen MR) is 99.8 cm³/mol. The molecule has 2 aromatic rings. The van der Waals surface area contributed by atoms with E-state index in [1.54, 1.807) is 43.5 Å². The number of carbonyl (C=O) groups excluding carboxylic acids is 1. The van der Waals surface area contributed by atoms with Crippen LogP contribution in [-0.2, 0) is 0 Å². The lowest BCUT2D eigenvalue weighted by molar-refractivity contribution is 0.104. The van der Waals surface area contributed by atoms with Gasteiger partial charge in [0, 0.05) is 21.6 Å². The number of carbonyl (C=O) groups is 1. The van der Waals surface area contributed by atoms with Crippen molar-refractivity contribution in [1.82, 2.24) is 0 Å². The van der Waals surface area contributed by atoms with Crippen LogP contribution in [0.3, 0.4) is 0 Å². The summed E-state index contributed by atoms with van der Waals surface area (Å²) in [5.74, 6) is -0.403. The average Bonchev–Trinajstić information content (AvgIpc) is 2.63. The first-order chi connectivity index (χ1) is 10.9. The van der Waals surface area contributed by atoms with Gasteiger partial charge in [0.25, 0.3) is 0 Å². The van der Waals surface area contributed by atoms with Crippen molar-refractivity contribution in [1.29, 1.82) is 0 Å². The third-order valence-corrected chi connectivity index (χ3v) is 3.96. The van der Waals surface area contributed by atoms with Gasteiger partial charge in [-0.2, -0.15) is 0 Å². The molecular formula is C17H12BrCl2NO2. The lowest BCUT2D eigenvalue weighted by atomic mass is 10.1. The number of nitrogens with one attached hydrogen (secondary N) is 1. The molecule has 0 aliphatic heterocycles. The van der Waals surface area contributed by atoms with Crippen molar-refractivity contribution >= 4 is 56.7 Å². The monoisotopic (exact) mass is 411 g/mol. The van der Waals surface area contributed by atoms with Gasteiger partial charge < -0.3 is 5.32 Å². The van der Waals surface area contributed by atoms with Crippen molar-refractivity contribution in [2.75, 3.05) is 12.4 Å². The highest BCUT2D eigenvalue weighted by molar-refractivity contribution is 9.10. The van der Waals surface area contributed by atoms with E-state index in [0.29, 0.717) is 25.8 Å². The van der Waals surface area contributed by atoms with Crippen LogP contribution in [0, 0.1) is 0 Å². The minimum atomic E-state index is -0.403. The van der Waals surface area contributed by atoms with E-state index in [1.165, 1.54) is 12.1 Å². The van der Waals surface area contributed by atoms with Gasteiger partial charge in [-0.3, -0.25) is 9.59 Å². The Morgan fingerprint density at radius 3 is 2.39 bits per heavy atom. The first-order valence-electron chi connectivity index (χ1n) is 6.61. The van der Waals surface area contributed by atoms with Crippen molar-refractivity contribution < 1.29 is 4.79 Å². The number of hydrogen-bond donors (Lipinski definition) is 1. The quantitative estimate of drug-likeness (QED) is 0.564. The molecule has 1 N–H and O–H groups in total. The maximum Gasteiger partial charge on any atom is 0.212 e. The predicted octanol–water partition coefficient (Wildman–Crippen LogP) is 5.05. The van der Waals surface area contributed by atoms with Crippen LogP contribution in [0.25, 0.3) is 6.08 Å². The molecule has 6 heteroatoms. The fraction of sp³-hybridized carbons (Fsp3) is 0.0588. The van der Waals surface area contributed by atoms with Crippen LogP contribution in [0.1, 0.15) is 15.9 Å². The molecule has 0 aliphatic rings. The summed E-state index contributed by atoms with van der Waals surface area (Å²) in [6.07, 6.45) is 2.89. The molecule has 0 saturated carbocycles. The van der Waals surface area contributed by atoms with E-state index in [9.17, 15) is 9.59 Å². The smallest absolute Gasteiger partial charge is 0.212 e. The van der Waals surface area contributed by atoms with Crippen LogP contribution in [0.2, 0.25) is 10.0 Å². The molecule has 2 aromatic carbocycles. The van der Waals surface area contributed by atoms with E-state index < -0.39 is 5.78 Å². The third kappa shape index (κ3) is 4.67. The SMILES string of the molecule is CNc1ccc(Br)cc(C(=O)C=Cc2cc(Cl)cc(Cl)c2)c1=O. The van der Waals surface area contributed by atoms with E-state index in [2.05, 4.69) is 21.2 Å². The van der Waals surface area contributed by atoms with Gasteiger partial charge >= 0.3 is 0 Å². The first kappa shape index (κ1) is 17.7. The van der Waals surface area contributed by atoms with E-state index in [4.69, 9.17) is 23.2 Å². The molecule has 0 spiro atoms. The summed E-state index contributed by atoms with van der Waals surface area (Å²) in [7, 11) is 1.63. The fourth-order valence-electron chi connectivity index (χ4n) is 1.95. The van der Waals surface area contributed by atoms with Gasteiger partial charge in [-0.1, -0.05) is 45.2 Å². The molecule has 0 radical (unpaired) electrons. The molecule has 0 aromatic heterocycles. The molecule has 0 fully saturated rings. The molecule has 0 aliphatic carbocycles. The Morgan fingerprint density at radius 2 is 1.78 bits per heavy atom. The van der Waals surface area contributed by atoms with Gasteiger partial charge in [-0.05, 0) is 48.0 Å².